The van der Waals surface area contributed by atoms with Crippen LogP contribution in [0.1, 0.15) is 55.7 Å². The van der Waals surface area contributed by atoms with Gasteiger partial charge in [-0.1, -0.05) is 6.92 Å². The Labute approximate surface area is 149 Å². The maximum absolute atomic E-state index is 12.5. The molecule has 1 fully saturated rings. The van der Waals surface area contributed by atoms with E-state index in [0.717, 1.165) is 56.6 Å². The van der Waals surface area contributed by atoms with E-state index >= 15 is 0 Å². The van der Waals surface area contributed by atoms with Crippen molar-refractivity contribution in [3.8, 4) is 0 Å². The molecular weight excluding hydrogens is 316 g/mol. The van der Waals surface area contributed by atoms with Gasteiger partial charge >= 0.3 is 6.03 Å². The van der Waals surface area contributed by atoms with Crippen LogP contribution in [0.25, 0.3) is 0 Å². The molecule has 1 saturated heterocycles. The summed E-state index contributed by atoms with van der Waals surface area (Å²) in [5.41, 5.74) is 1.25. The molecule has 6 heteroatoms. The summed E-state index contributed by atoms with van der Waals surface area (Å²) in [4.78, 5) is 14.4. The monoisotopic (exact) mass is 344 g/mol. The predicted octanol–water partition coefficient (Wildman–Crippen LogP) is 3.44. The van der Waals surface area contributed by atoms with Gasteiger partial charge < -0.3 is 14.6 Å². The van der Waals surface area contributed by atoms with Gasteiger partial charge in [-0.05, 0) is 49.8 Å². The molecule has 3 rings (SSSR count). The maximum atomic E-state index is 12.5. The van der Waals surface area contributed by atoms with E-state index in [9.17, 15) is 4.79 Å². The number of aromatic nitrogens is 2. The van der Waals surface area contributed by atoms with E-state index in [2.05, 4.69) is 17.3 Å². The molecule has 0 unspecified atom stereocenters. The Bertz CT molecular complexity index is 691. The lowest BCUT2D eigenvalue weighted by Gasteiger charge is -2.23. The quantitative estimate of drug-likeness (QED) is 0.783. The topological polar surface area (TPSA) is 63.3 Å². The van der Waals surface area contributed by atoms with E-state index in [-0.39, 0.29) is 12.1 Å². The number of hydrogen-bond acceptors (Lipinski definition) is 3. The number of urea groups is 1. The third-order valence-electron chi connectivity index (χ3n) is 4.80. The van der Waals surface area contributed by atoms with E-state index in [1.165, 1.54) is 5.56 Å². The third kappa shape index (κ3) is 4.44. The van der Waals surface area contributed by atoms with Crippen molar-refractivity contribution in [3.05, 3.63) is 41.6 Å². The number of likely N-dealkylation sites (tertiary alicyclic amines) is 1. The number of amides is 2. The van der Waals surface area contributed by atoms with Crippen LogP contribution in [-0.2, 0) is 19.9 Å². The molecule has 2 aromatic rings. The average Bonchev–Trinajstić information content (AvgIpc) is 3.34. The first-order chi connectivity index (χ1) is 12.2. The Morgan fingerprint density at radius 2 is 2.28 bits per heavy atom. The van der Waals surface area contributed by atoms with Crippen LogP contribution in [0.2, 0.25) is 0 Å². The summed E-state index contributed by atoms with van der Waals surface area (Å²) in [7, 11) is 1.93. The van der Waals surface area contributed by atoms with Crippen LogP contribution in [0.3, 0.4) is 0 Å². The zero-order valence-electron chi connectivity index (χ0n) is 15.2. The maximum Gasteiger partial charge on any atom is 0.318 e. The summed E-state index contributed by atoms with van der Waals surface area (Å²) < 4.78 is 7.68. The molecule has 0 saturated carbocycles. The van der Waals surface area contributed by atoms with E-state index in [1.54, 1.807) is 0 Å². The highest BCUT2D eigenvalue weighted by Crippen LogP contribution is 2.33. The van der Waals surface area contributed by atoms with Crippen LogP contribution in [0, 0.1) is 0 Å². The number of carbonyl (C=O) groups excluding carboxylic acids is 1. The summed E-state index contributed by atoms with van der Waals surface area (Å²) in [5.74, 6) is 1.90. The predicted molar refractivity (Wildman–Crippen MR) is 96.3 cm³/mol. The second kappa shape index (κ2) is 8.23. The molecule has 2 amide bonds. The van der Waals surface area contributed by atoms with Gasteiger partial charge in [0.15, 0.2) is 0 Å². The summed E-state index contributed by atoms with van der Waals surface area (Å²) in [5, 5.41) is 7.23. The van der Waals surface area contributed by atoms with Gasteiger partial charge in [-0.3, -0.25) is 4.68 Å². The molecule has 1 aliphatic rings. The van der Waals surface area contributed by atoms with Crippen molar-refractivity contribution in [1.29, 1.82) is 0 Å². The molecule has 1 atom stereocenters. The third-order valence-corrected chi connectivity index (χ3v) is 4.80. The Morgan fingerprint density at radius 3 is 3.00 bits per heavy atom. The van der Waals surface area contributed by atoms with Gasteiger partial charge in [0.1, 0.15) is 11.5 Å². The fraction of sp³-hybridized carbons (Fsp3) is 0.579. The van der Waals surface area contributed by atoms with Crippen molar-refractivity contribution in [1.82, 2.24) is 20.0 Å². The lowest BCUT2D eigenvalue weighted by Crippen LogP contribution is -2.39. The van der Waals surface area contributed by atoms with Crippen LogP contribution in [0.5, 0.6) is 0 Å². The summed E-state index contributed by atoms with van der Waals surface area (Å²) in [6.45, 7) is 3.59. The van der Waals surface area contributed by atoms with Crippen LogP contribution in [0.4, 0.5) is 4.79 Å². The molecule has 25 heavy (non-hydrogen) atoms. The Kier molecular flexibility index (Phi) is 5.79. The van der Waals surface area contributed by atoms with Gasteiger partial charge in [0, 0.05) is 32.8 Å². The molecular formula is C19H28N4O2. The SMILES string of the molecule is CCc1ccc([C@@H]2CCCN2C(=O)NCCCCc2cnn(C)c2)o1. The zero-order chi connectivity index (χ0) is 17.6. The summed E-state index contributed by atoms with van der Waals surface area (Å²) in [6.07, 6.45) is 9.86. The number of hydrogen-bond donors (Lipinski definition) is 1. The minimum atomic E-state index is 0.0262. The van der Waals surface area contributed by atoms with Crippen LogP contribution >= 0.6 is 0 Å². The molecule has 2 aromatic heterocycles. The number of unbranched alkanes of at least 4 members (excludes halogenated alkanes) is 1. The Hall–Kier alpha value is -2.24. The van der Waals surface area contributed by atoms with Crippen molar-refractivity contribution >= 4 is 6.03 Å². The van der Waals surface area contributed by atoms with Gasteiger partial charge in [-0.15, -0.1) is 0 Å². The Balaban J connectivity index is 1.42. The van der Waals surface area contributed by atoms with Crippen molar-refractivity contribution in [3.63, 3.8) is 0 Å². The lowest BCUT2D eigenvalue weighted by molar-refractivity contribution is 0.185. The van der Waals surface area contributed by atoms with E-state index in [0.29, 0.717) is 6.54 Å². The van der Waals surface area contributed by atoms with Gasteiger partial charge in [-0.25, -0.2) is 4.79 Å². The van der Waals surface area contributed by atoms with E-state index < -0.39 is 0 Å². The fourth-order valence-electron chi connectivity index (χ4n) is 3.42. The lowest BCUT2D eigenvalue weighted by atomic mass is 10.1. The van der Waals surface area contributed by atoms with Crippen molar-refractivity contribution in [2.24, 2.45) is 7.05 Å². The number of aryl methyl sites for hydroxylation is 3. The first-order valence-electron chi connectivity index (χ1n) is 9.28. The van der Waals surface area contributed by atoms with Gasteiger partial charge in [-0.2, -0.15) is 5.10 Å². The molecule has 0 bridgehead atoms. The number of rotatable bonds is 7. The van der Waals surface area contributed by atoms with E-state index in [1.807, 2.05) is 41.2 Å². The van der Waals surface area contributed by atoms with Gasteiger partial charge in [0.25, 0.3) is 0 Å². The van der Waals surface area contributed by atoms with Crippen molar-refractivity contribution in [2.75, 3.05) is 13.1 Å². The second-order valence-electron chi connectivity index (χ2n) is 6.72. The number of carbonyl (C=O) groups is 1. The molecule has 1 aliphatic heterocycles. The molecule has 6 nitrogen and oxygen atoms in total. The smallest absolute Gasteiger partial charge is 0.318 e. The molecule has 0 radical (unpaired) electrons. The highest BCUT2D eigenvalue weighted by atomic mass is 16.3. The number of nitrogens with zero attached hydrogens (tertiary/aromatic N) is 3. The molecule has 0 aromatic carbocycles. The van der Waals surface area contributed by atoms with Crippen LogP contribution < -0.4 is 5.32 Å². The fourth-order valence-corrected chi connectivity index (χ4v) is 3.42. The summed E-state index contributed by atoms with van der Waals surface area (Å²) >= 11 is 0. The van der Waals surface area contributed by atoms with Crippen LogP contribution in [-0.4, -0.2) is 33.8 Å². The first kappa shape index (κ1) is 17.6. The average molecular weight is 344 g/mol. The van der Waals surface area contributed by atoms with Gasteiger partial charge in [0.2, 0.25) is 0 Å². The molecule has 0 aliphatic carbocycles. The normalized spacial score (nSPS) is 17.2. The molecule has 1 N–H and O–H groups in total. The van der Waals surface area contributed by atoms with Gasteiger partial charge in [0.05, 0.1) is 12.2 Å². The van der Waals surface area contributed by atoms with Crippen molar-refractivity contribution in [2.45, 2.75) is 51.5 Å². The number of furan rings is 1. The zero-order valence-corrected chi connectivity index (χ0v) is 15.2. The first-order valence-corrected chi connectivity index (χ1v) is 9.28. The number of nitrogens with one attached hydrogen (secondary N) is 1. The largest absolute Gasteiger partial charge is 0.464 e. The highest BCUT2D eigenvalue weighted by molar-refractivity contribution is 5.75. The highest BCUT2D eigenvalue weighted by Gasteiger charge is 2.31. The minimum absolute atomic E-state index is 0.0262. The standard InChI is InChI=1S/C19H28N4O2/c1-3-16-9-10-18(25-16)17-8-6-12-23(17)19(24)20-11-5-4-7-15-13-21-22(2)14-15/h9-10,13-14,17H,3-8,11-12H2,1-2H3,(H,20,24)/t17-/m0/s1. The van der Waals surface area contributed by atoms with E-state index in [4.69, 9.17) is 4.42 Å². The second-order valence-corrected chi connectivity index (χ2v) is 6.72. The Morgan fingerprint density at radius 1 is 1.40 bits per heavy atom. The minimum Gasteiger partial charge on any atom is -0.464 e. The molecule has 3 heterocycles. The summed E-state index contributed by atoms with van der Waals surface area (Å²) in [6, 6.07) is 4.14. The molecule has 136 valence electrons. The van der Waals surface area contributed by atoms with Crippen molar-refractivity contribution < 1.29 is 9.21 Å². The van der Waals surface area contributed by atoms with Crippen LogP contribution in [0.15, 0.2) is 28.9 Å². The molecule has 0 spiro atoms.